The lowest BCUT2D eigenvalue weighted by atomic mass is 10.2. The van der Waals surface area contributed by atoms with Crippen molar-refractivity contribution in [2.45, 2.75) is 19.3 Å². The van der Waals surface area contributed by atoms with E-state index in [1.807, 2.05) is 12.1 Å². The van der Waals surface area contributed by atoms with Crippen LogP contribution in [0.25, 0.3) is 22.8 Å². The molecule has 2 aromatic carbocycles. The largest absolute Gasteiger partial charge is 0.494 e. The van der Waals surface area contributed by atoms with Crippen molar-refractivity contribution >= 4 is 5.91 Å². The Hall–Kier alpha value is -3.26. The molecule has 1 amide bonds. The minimum absolute atomic E-state index is 0.244. The first-order valence-electron chi connectivity index (χ1n) is 8.41. The van der Waals surface area contributed by atoms with Gasteiger partial charge in [0, 0.05) is 17.5 Å². The molecule has 0 aliphatic carbocycles. The normalized spacial score (nSPS) is 10.6. The van der Waals surface area contributed by atoms with E-state index in [0.29, 0.717) is 48.0 Å². The van der Waals surface area contributed by atoms with E-state index < -0.39 is 5.91 Å². The van der Waals surface area contributed by atoms with Crippen molar-refractivity contribution in [3.63, 3.8) is 0 Å². The van der Waals surface area contributed by atoms with Crippen molar-refractivity contribution in [1.29, 1.82) is 0 Å². The fourth-order valence-electron chi connectivity index (χ4n) is 2.41. The third kappa shape index (κ3) is 5.11. The summed E-state index contributed by atoms with van der Waals surface area (Å²) in [5.41, 5.74) is 2.95. The number of unbranched alkanes of at least 4 members (excludes halogenated alkanes) is 1. The maximum absolute atomic E-state index is 13.0. The van der Waals surface area contributed by atoms with Gasteiger partial charge in [-0.3, -0.25) is 10.0 Å². The van der Waals surface area contributed by atoms with Crippen molar-refractivity contribution < 1.29 is 23.7 Å². The zero-order chi connectivity index (χ0) is 19.1. The quantitative estimate of drug-likeness (QED) is 0.357. The summed E-state index contributed by atoms with van der Waals surface area (Å²) in [5, 5.41) is 12.4. The second kappa shape index (κ2) is 8.91. The summed E-state index contributed by atoms with van der Waals surface area (Å²) in [7, 11) is 0. The van der Waals surface area contributed by atoms with Crippen LogP contribution in [0.15, 0.2) is 53.1 Å². The smallest absolute Gasteiger partial charge is 0.258 e. The summed E-state index contributed by atoms with van der Waals surface area (Å²) in [6, 6.07) is 13.1. The average molecular weight is 371 g/mol. The van der Waals surface area contributed by atoms with Crippen molar-refractivity contribution in [3.8, 4) is 28.6 Å². The van der Waals surface area contributed by atoms with Crippen LogP contribution in [0, 0.1) is 5.82 Å². The second-order valence-electron chi connectivity index (χ2n) is 5.80. The molecule has 8 heteroatoms. The summed E-state index contributed by atoms with van der Waals surface area (Å²) in [6.07, 6.45) is 1.53. The fraction of sp³-hybridized carbons (Fsp3) is 0.211. The lowest BCUT2D eigenvalue weighted by Crippen LogP contribution is -2.18. The van der Waals surface area contributed by atoms with Gasteiger partial charge in [-0.05, 0) is 55.3 Å². The van der Waals surface area contributed by atoms with Crippen LogP contribution in [0.2, 0.25) is 0 Å². The first kappa shape index (κ1) is 18.5. The molecule has 3 rings (SSSR count). The van der Waals surface area contributed by atoms with Crippen molar-refractivity contribution in [3.05, 3.63) is 54.3 Å². The number of nitrogens with one attached hydrogen (secondary N) is 1. The predicted molar refractivity (Wildman–Crippen MR) is 94.4 cm³/mol. The predicted octanol–water partition coefficient (Wildman–Crippen LogP) is 3.60. The molecule has 0 bridgehead atoms. The van der Waals surface area contributed by atoms with Gasteiger partial charge in [0.25, 0.3) is 5.89 Å². The van der Waals surface area contributed by atoms with Crippen molar-refractivity contribution in [2.24, 2.45) is 0 Å². The molecule has 0 atom stereocenters. The molecule has 0 spiro atoms. The van der Waals surface area contributed by atoms with Gasteiger partial charge >= 0.3 is 0 Å². The first-order chi connectivity index (χ1) is 13.2. The highest BCUT2D eigenvalue weighted by molar-refractivity contribution is 5.74. The molecule has 0 unspecified atom stereocenters. The molecule has 1 aromatic heterocycles. The van der Waals surface area contributed by atoms with Crippen LogP contribution in [0.5, 0.6) is 5.75 Å². The number of benzene rings is 2. The van der Waals surface area contributed by atoms with E-state index in [0.717, 1.165) is 0 Å². The Kier molecular flexibility index (Phi) is 6.11. The third-order valence-corrected chi connectivity index (χ3v) is 3.80. The molecule has 140 valence electrons. The van der Waals surface area contributed by atoms with Crippen LogP contribution >= 0.6 is 0 Å². The van der Waals surface area contributed by atoms with Gasteiger partial charge in [-0.1, -0.05) is 11.2 Å². The standard InChI is InChI=1S/C19H18FN3O4/c20-15-9-7-13(8-10-15)18-21-19(27-23-18)14-4-3-5-16(12-14)26-11-2-1-6-17(24)22-25/h3-5,7-10,12,25H,1-2,6,11H2,(H,22,24). The van der Waals surface area contributed by atoms with E-state index >= 15 is 0 Å². The van der Waals surface area contributed by atoms with Gasteiger partial charge in [0.05, 0.1) is 6.61 Å². The van der Waals surface area contributed by atoms with Crippen molar-refractivity contribution in [2.75, 3.05) is 6.61 Å². The summed E-state index contributed by atoms with van der Waals surface area (Å²) in [4.78, 5) is 15.3. The van der Waals surface area contributed by atoms with Crippen LogP contribution in [0.1, 0.15) is 19.3 Å². The molecule has 2 N–H and O–H groups in total. The molecule has 27 heavy (non-hydrogen) atoms. The highest BCUT2D eigenvalue weighted by Crippen LogP contribution is 2.25. The van der Waals surface area contributed by atoms with E-state index in [1.165, 1.54) is 12.1 Å². The molecule has 0 saturated carbocycles. The van der Waals surface area contributed by atoms with Gasteiger partial charge in [-0.25, -0.2) is 9.87 Å². The SMILES string of the molecule is O=C(CCCCOc1cccc(-c2nc(-c3ccc(F)cc3)no2)c1)NO. The van der Waals surface area contributed by atoms with Gasteiger partial charge < -0.3 is 9.26 Å². The maximum atomic E-state index is 13.0. The molecule has 3 aromatic rings. The molecular weight excluding hydrogens is 353 g/mol. The number of nitrogens with zero attached hydrogens (tertiary/aromatic N) is 2. The number of hydrogen-bond acceptors (Lipinski definition) is 6. The van der Waals surface area contributed by atoms with Gasteiger partial charge in [-0.2, -0.15) is 4.98 Å². The summed E-state index contributed by atoms with van der Waals surface area (Å²) in [6.45, 7) is 0.437. The summed E-state index contributed by atoms with van der Waals surface area (Å²) in [5.74, 6) is 0.605. The molecule has 1 heterocycles. The average Bonchev–Trinajstić information content (AvgIpc) is 3.18. The topological polar surface area (TPSA) is 97.5 Å². The van der Waals surface area contributed by atoms with E-state index in [9.17, 15) is 9.18 Å². The Bertz CT molecular complexity index is 896. The van der Waals surface area contributed by atoms with Gasteiger partial charge in [0.2, 0.25) is 11.7 Å². The van der Waals surface area contributed by atoms with E-state index in [-0.39, 0.29) is 12.2 Å². The molecule has 0 radical (unpaired) electrons. The Balaban J connectivity index is 1.60. The molecule has 7 nitrogen and oxygen atoms in total. The number of amides is 1. The lowest BCUT2D eigenvalue weighted by molar-refractivity contribution is -0.129. The number of ether oxygens (including phenoxy) is 1. The van der Waals surface area contributed by atoms with Gasteiger partial charge in [-0.15, -0.1) is 0 Å². The lowest BCUT2D eigenvalue weighted by Gasteiger charge is -2.06. The molecule has 0 saturated heterocycles. The monoisotopic (exact) mass is 371 g/mol. The Morgan fingerprint density at radius 3 is 2.74 bits per heavy atom. The molecule has 0 aliphatic rings. The third-order valence-electron chi connectivity index (χ3n) is 3.80. The summed E-state index contributed by atoms with van der Waals surface area (Å²) < 4.78 is 24.0. The van der Waals surface area contributed by atoms with Crippen LogP contribution in [0.4, 0.5) is 4.39 Å². The number of carbonyl (C=O) groups is 1. The van der Waals surface area contributed by atoms with Crippen LogP contribution in [-0.4, -0.2) is 27.9 Å². The highest BCUT2D eigenvalue weighted by atomic mass is 19.1. The highest BCUT2D eigenvalue weighted by Gasteiger charge is 2.11. The number of aromatic nitrogens is 2. The van der Waals surface area contributed by atoms with Crippen LogP contribution < -0.4 is 10.2 Å². The van der Waals surface area contributed by atoms with Gasteiger partial charge in [0.15, 0.2) is 0 Å². The van der Waals surface area contributed by atoms with Crippen LogP contribution in [0.3, 0.4) is 0 Å². The molecule has 0 fully saturated rings. The number of rotatable bonds is 8. The van der Waals surface area contributed by atoms with E-state index in [2.05, 4.69) is 10.1 Å². The Morgan fingerprint density at radius 1 is 1.15 bits per heavy atom. The minimum Gasteiger partial charge on any atom is -0.494 e. The first-order valence-corrected chi connectivity index (χ1v) is 8.41. The molecular formula is C19H18FN3O4. The Labute approximate surface area is 154 Å². The minimum atomic E-state index is -0.412. The maximum Gasteiger partial charge on any atom is 0.258 e. The Morgan fingerprint density at radius 2 is 1.96 bits per heavy atom. The second-order valence-corrected chi connectivity index (χ2v) is 5.80. The van der Waals surface area contributed by atoms with E-state index in [1.54, 1.807) is 29.7 Å². The van der Waals surface area contributed by atoms with Crippen molar-refractivity contribution in [1.82, 2.24) is 15.6 Å². The zero-order valence-electron chi connectivity index (χ0n) is 14.4. The number of halogens is 1. The molecule has 0 aliphatic heterocycles. The summed E-state index contributed by atoms with van der Waals surface area (Å²) >= 11 is 0. The number of carbonyl (C=O) groups excluding carboxylic acids is 1. The van der Waals surface area contributed by atoms with Gasteiger partial charge in [0.1, 0.15) is 11.6 Å². The number of hydrogen-bond donors (Lipinski definition) is 2. The van der Waals surface area contributed by atoms with Crippen LogP contribution in [-0.2, 0) is 4.79 Å². The van der Waals surface area contributed by atoms with E-state index in [4.69, 9.17) is 14.5 Å². The number of hydroxylamine groups is 1. The fourth-order valence-corrected chi connectivity index (χ4v) is 2.41. The zero-order valence-corrected chi connectivity index (χ0v) is 14.4.